The van der Waals surface area contributed by atoms with Gasteiger partial charge in [-0.05, 0) is 49.1 Å². The normalized spacial score (nSPS) is 15.9. The molecule has 1 heterocycles. The molecule has 1 fully saturated rings. The first-order chi connectivity index (χ1) is 11.0. The van der Waals surface area contributed by atoms with Gasteiger partial charge in [-0.3, -0.25) is 4.79 Å². The summed E-state index contributed by atoms with van der Waals surface area (Å²) >= 11 is 0. The third-order valence-electron chi connectivity index (χ3n) is 4.66. The number of carbonyl (C=O) groups is 2. The number of carboxylic acids is 1. The smallest absolute Gasteiger partial charge is 0.335 e. The number of hydrogen-bond acceptors (Lipinski definition) is 2. The zero-order valence-corrected chi connectivity index (χ0v) is 14.1. The molecule has 1 aliphatic heterocycles. The summed E-state index contributed by atoms with van der Waals surface area (Å²) < 4.78 is 0. The number of piperidine rings is 1. The maximum absolute atomic E-state index is 12.2. The number of hydrogen-bond donors (Lipinski definition) is 1. The second-order valence-electron chi connectivity index (χ2n) is 6.92. The van der Waals surface area contributed by atoms with E-state index in [9.17, 15) is 14.7 Å². The summed E-state index contributed by atoms with van der Waals surface area (Å²) in [6, 6.07) is 7.24. The molecule has 0 spiro atoms. The van der Waals surface area contributed by atoms with Crippen LogP contribution in [0.2, 0.25) is 0 Å². The summed E-state index contributed by atoms with van der Waals surface area (Å²) in [7, 11) is 0. The van der Waals surface area contributed by atoms with Crippen molar-refractivity contribution in [1.29, 1.82) is 0 Å². The largest absolute Gasteiger partial charge is 0.478 e. The van der Waals surface area contributed by atoms with Crippen molar-refractivity contribution < 1.29 is 14.7 Å². The third kappa shape index (κ3) is 5.08. The summed E-state index contributed by atoms with van der Waals surface area (Å²) in [6.45, 7) is 5.88. The standard InChI is InChI=1S/C19H27NO3/c1-14(2)7-8-18(21)20-11-9-15(10-12-20)13-16-5-3-4-6-17(16)19(22)23/h3-6,14-15H,7-13H2,1-2H3,(H,22,23). The summed E-state index contributed by atoms with van der Waals surface area (Å²) in [5, 5.41) is 9.26. The van der Waals surface area contributed by atoms with E-state index in [1.54, 1.807) is 12.1 Å². The fourth-order valence-electron chi connectivity index (χ4n) is 3.17. The first kappa shape index (κ1) is 17.5. The molecule has 4 heteroatoms. The molecule has 1 saturated heterocycles. The van der Waals surface area contributed by atoms with Crippen molar-refractivity contribution in [3.8, 4) is 0 Å². The van der Waals surface area contributed by atoms with Gasteiger partial charge in [0.15, 0.2) is 0 Å². The molecule has 0 atom stereocenters. The Kier molecular flexibility index (Phi) is 6.20. The molecule has 4 nitrogen and oxygen atoms in total. The number of carboxylic acid groups (broad SMARTS) is 1. The molecule has 0 bridgehead atoms. The van der Waals surface area contributed by atoms with E-state index < -0.39 is 5.97 Å². The highest BCUT2D eigenvalue weighted by Gasteiger charge is 2.24. The Morgan fingerprint density at radius 3 is 2.48 bits per heavy atom. The van der Waals surface area contributed by atoms with E-state index in [1.807, 2.05) is 17.0 Å². The lowest BCUT2D eigenvalue weighted by Gasteiger charge is -2.32. The molecule has 0 unspecified atom stereocenters. The van der Waals surface area contributed by atoms with E-state index in [4.69, 9.17) is 0 Å². The number of likely N-dealkylation sites (tertiary alicyclic amines) is 1. The minimum Gasteiger partial charge on any atom is -0.478 e. The van der Waals surface area contributed by atoms with Crippen molar-refractivity contribution in [3.63, 3.8) is 0 Å². The maximum atomic E-state index is 12.2. The Morgan fingerprint density at radius 1 is 1.22 bits per heavy atom. The van der Waals surface area contributed by atoms with Gasteiger partial charge < -0.3 is 10.0 Å². The summed E-state index contributed by atoms with van der Waals surface area (Å²) in [5.41, 5.74) is 1.31. The highest BCUT2D eigenvalue weighted by atomic mass is 16.4. The van der Waals surface area contributed by atoms with Gasteiger partial charge in [-0.25, -0.2) is 4.79 Å². The van der Waals surface area contributed by atoms with Gasteiger partial charge in [0.05, 0.1) is 5.56 Å². The van der Waals surface area contributed by atoms with Crippen molar-refractivity contribution in [3.05, 3.63) is 35.4 Å². The molecule has 1 amide bonds. The van der Waals surface area contributed by atoms with Gasteiger partial charge in [-0.1, -0.05) is 32.0 Å². The van der Waals surface area contributed by atoms with Crippen molar-refractivity contribution >= 4 is 11.9 Å². The van der Waals surface area contributed by atoms with Crippen molar-refractivity contribution in [2.24, 2.45) is 11.8 Å². The van der Waals surface area contributed by atoms with Crippen LogP contribution in [-0.4, -0.2) is 35.0 Å². The number of carbonyl (C=O) groups excluding carboxylic acids is 1. The molecule has 23 heavy (non-hydrogen) atoms. The van der Waals surface area contributed by atoms with Gasteiger partial charge >= 0.3 is 5.97 Å². The van der Waals surface area contributed by atoms with Crippen LogP contribution in [0.1, 0.15) is 55.5 Å². The highest BCUT2D eigenvalue weighted by molar-refractivity contribution is 5.89. The predicted octanol–water partition coefficient (Wildman–Crippen LogP) is 3.60. The van der Waals surface area contributed by atoms with E-state index in [1.165, 1.54) is 0 Å². The fourth-order valence-corrected chi connectivity index (χ4v) is 3.17. The van der Waals surface area contributed by atoms with Crippen LogP contribution in [0, 0.1) is 11.8 Å². The van der Waals surface area contributed by atoms with Gasteiger partial charge in [0.2, 0.25) is 5.91 Å². The molecule has 0 aromatic heterocycles. The SMILES string of the molecule is CC(C)CCC(=O)N1CCC(Cc2ccccc2C(=O)O)CC1. The maximum Gasteiger partial charge on any atom is 0.335 e. The van der Waals surface area contributed by atoms with Crippen molar-refractivity contribution in [1.82, 2.24) is 4.90 Å². The minimum atomic E-state index is -0.859. The zero-order chi connectivity index (χ0) is 16.8. The molecule has 0 aliphatic carbocycles. The van der Waals surface area contributed by atoms with Crippen LogP contribution < -0.4 is 0 Å². The predicted molar refractivity (Wildman–Crippen MR) is 90.5 cm³/mol. The molecule has 1 aromatic carbocycles. The van der Waals surface area contributed by atoms with Gasteiger partial charge in [0.25, 0.3) is 0 Å². The van der Waals surface area contributed by atoms with Crippen LogP contribution in [0.4, 0.5) is 0 Å². The van der Waals surface area contributed by atoms with E-state index in [-0.39, 0.29) is 5.91 Å². The molecule has 1 aromatic rings. The number of benzene rings is 1. The summed E-state index contributed by atoms with van der Waals surface area (Å²) in [4.78, 5) is 25.4. The van der Waals surface area contributed by atoms with Gasteiger partial charge in [-0.2, -0.15) is 0 Å². The second kappa shape index (κ2) is 8.14. The topological polar surface area (TPSA) is 57.6 Å². The molecule has 1 aliphatic rings. The molecular weight excluding hydrogens is 290 g/mol. The van der Waals surface area contributed by atoms with E-state index in [2.05, 4.69) is 13.8 Å². The first-order valence-corrected chi connectivity index (χ1v) is 8.56. The van der Waals surface area contributed by atoms with Crippen LogP contribution in [0.5, 0.6) is 0 Å². The Morgan fingerprint density at radius 2 is 1.87 bits per heavy atom. The zero-order valence-electron chi connectivity index (χ0n) is 14.1. The van der Waals surface area contributed by atoms with Crippen LogP contribution in [0.25, 0.3) is 0 Å². The van der Waals surface area contributed by atoms with E-state index in [0.29, 0.717) is 23.8 Å². The van der Waals surface area contributed by atoms with E-state index in [0.717, 1.165) is 44.3 Å². The molecule has 0 saturated carbocycles. The first-order valence-electron chi connectivity index (χ1n) is 8.56. The van der Waals surface area contributed by atoms with Gasteiger partial charge in [-0.15, -0.1) is 0 Å². The molecular formula is C19H27NO3. The summed E-state index contributed by atoms with van der Waals surface area (Å²) in [5.74, 6) is 0.429. The van der Waals surface area contributed by atoms with Crippen LogP contribution in [0.3, 0.4) is 0 Å². The van der Waals surface area contributed by atoms with Gasteiger partial charge in [0, 0.05) is 19.5 Å². The molecule has 0 radical (unpaired) electrons. The monoisotopic (exact) mass is 317 g/mol. The fraction of sp³-hybridized carbons (Fsp3) is 0.579. The number of aromatic carboxylic acids is 1. The number of rotatable bonds is 6. The number of nitrogens with zero attached hydrogens (tertiary/aromatic N) is 1. The number of amides is 1. The van der Waals surface area contributed by atoms with Crippen LogP contribution in [0.15, 0.2) is 24.3 Å². The van der Waals surface area contributed by atoms with Gasteiger partial charge in [0.1, 0.15) is 0 Å². The van der Waals surface area contributed by atoms with Crippen molar-refractivity contribution in [2.75, 3.05) is 13.1 Å². The Bertz CT molecular complexity index is 545. The van der Waals surface area contributed by atoms with Crippen LogP contribution >= 0.6 is 0 Å². The Balaban J connectivity index is 1.86. The highest BCUT2D eigenvalue weighted by Crippen LogP contribution is 2.24. The summed E-state index contributed by atoms with van der Waals surface area (Å²) in [6.07, 6.45) is 4.30. The molecule has 126 valence electrons. The lowest BCUT2D eigenvalue weighted by Crippen LogP contribution is -2.39. The molecule has 1 N–H and O–H groups in total. The quantitative estimate of drug-likeness (QED) is 0.872. The Hall–Kier alpha value is -1.84. The second-order valence-corrected chi connectivity index (χ2v) is 6.92. The lowest BCUT2D eigenvalue weighted by molar-refractivity contribution is -0.132. The Labute approximate surface area is 138 Å². The average molecular weight is 317 g/mol. The minimum absolute atomic E-state index is 0.267. The van der Waals surface area contributed by atoms with Crippen molar-refractivity contribution in [2.45, 2.75) is 46.0 Å². The molecule has 2 rings (SSSR count). The lowest BCUT2D eigenvalue weighted by atomic mass is 9.88. The average Bonchev–Trinajstić information content (AvgIpc) is 2.53. The third-order valence-corrected chi connectivity index (χ3v) is 4.66. The van der Waals surface area contributed by atoms with Crippen LogP contribution in [-0.2, 0) is 11.2 Å². The van der Waals surface area contributed by atoms with E-state index >= 15 is 0 Å².